The van der Waals surface area contributed by atoms with E-state index < -0.39 is 6.04 Å². The van der Waals surface area contributed by atoms with Gasteiger partial charge in [-0.15, -0.1) is 11.8 Å². The Labute approximate surface area is 201 Å². The second-order valence-corrected chi connectivity index (χ2v) is 12.3. The average molecular weight is 491 g/mol. The number of nitrogens with two attached hydrogens (primary N) is 1. The molecule has 0 bridgehead atoms. The molecular weight excluding hydrogens is 448 g/mol. The molecule has 10 heteroatoms. The Balaban J connectivity index is 2.63. The van der Waals surface area contributed by atoms with E-state index in [2.05, 4.69) is 36.7 Å². The lowest BCUT2D eigenvalue weighted by atomic mass is 9.78. The van der Waals surface area contributed by atoms with Crippen LogP contribution in [0.15, 0.2) is 0 Å². The van der Waals surface area contributed by atoms with E-state index in [1.165, 1.54) is 32.2 Å². The zero-order chi connectivity index (χ0) is 24.2. The van der Waals surface area contributed by atoms with Crippen LogP contribution in [0.2, 0.25) is 0 Å². The van der Waals surface area contributed by atoms with Crippen LogP contribution in [0, 0.1) is 0 Å². The third-order valence-corrected chi connectivity index (χ3v) is 7.73. The third-order valence-electron chi connectivity index (χ3n) is 5.42. The molecule has 1 aliphatic carbocycles. The minimum atomic E-state index is -0.630. The molecule has 0 aromatic heterocycles. The number of rotatable bonds is 13. The number of thioether (sulfide) groups is 2. The highest BCUT2D eigenvalue weighted by molar-refractivity contribution is 8.00. The van der Waals surface area contributed by atoms with Crippen molar-refractivity contribution in [1.82, 2.24) is 16.0 Å². The van der Waals surface area contributed by atoms with E-state index in [-0.39, 0.29) is 34.1 Å². The number of amides is 2. The molecule has 5 N–H and O–H groups in total. The first-order chi connectivity index (χ1) is 15.0. The Morgan fingerprint density at radius 2 is 1.75 bits per heavy atom. The summed E-state index contributed by atoms with van der Waals surface area (Å²) in [5, 5.41) is 9.25. The van der Waals surface area contributed by atoms with E-state index in [1.807, 2.05) is 0 Å². The van der Waals surface area contributed by atoms with Gasteiger partial charge < -0.3 is 21.1 Å². The van der Waals surface area contributed by atoms with Gasteiger partial charge in [-0.05, 0) is 19.3 Å². The highest BCUT2D eigenvalue weighted by Crippen LogP contribution is 2.32. The van der Waals surface area contributed by atoms with Gasteiger partial charge >= 0.3 is 5.97 Å². The molecule has 0 radical (unpaired) electrons. The molecule has 1 fully saturated rings. The Hall–Kier alpha value is -0.970. The molecule has 0 heterocycles. The molecule has 186 valence electrons. The lowest BCUT2D eigenvalue weighted by molar-refractivity contribution is -0.143. The normalized spacial score (nSPS) is 17.8. The smallest absolute Gasteiger partial charge is 0.323 e. The number of ether oxygens (including phenoxy) is 1. The van der Waals surface area contributed by atoms with Crippen LogP contribution in [0.1, 0.15) is 66.2 Å². The van der Waals surface area contributed by atoms with Crippen LogP contribution in [0.4, 0.5) is 0 Å². The molecule has 0 spiro atoms. The summed E-state index contributed by atoms with van der Waals surface area (Å²) in [7, 11) is 1.43. The summed E-state index contributed by atoms with van der Waals surface area (Å²) in [4.78, 5) is 35.7. The van der Waals surface area contributed by atoms with E-state index in [9.17, 15) is 14.4 Å². The number of esters is 1. The predicted octanol–water partition coefficient (Wildman–Crippen LogP) is 2.01. The molecule has 2 atom stereocenters. The van der Waals surface area contributed by atoms with Crippen molar-refractivity contribution in [2.75, 3.05) is 31.0 Å². The number of hydrogen-bond acceptors (Lipinski definition) is 8. The molecule has 1 rings (SSSR count). The summed E-state index contributed by atoms with van der Waals surface area (Å²) >= 11 is 3.15. The van der Waals surface area contributed by atoms with E-state index in [4.69, 9.17) is 10.5 Å². The SMILES string of the molecule is COC(=O)C(CSC(C)(C)C)NC1(CCNC(=O)C(N)CSCNC(C)=O)CCCCC1. The van der Waals surface area contributed by atoms with Crippen LogP contribution >= 0.6 is 23.5 Å². The number of methoxy groups -OCH3 is 1. The van der Waals surface area contributed by atoms with Gasteiger partial charge in [0.25, 0.3) is 0 Å². The van der Waals surface area contributed by atoms with E-state index in [0.717, 1.165) is 32.1 Å². The van der Waals surface area contributed by atoms with Crippen LogP contribution < -0.4 is 21.7 Å². The number of carbonyl (C=O) groups excluding carboxylic acids is 3. The van der Waals surface area contributed by atoms with Crippen molar-refractivity contribution in [3.05, 3.63) is 0 Å². The molecule has 0 aromatic carbocycles. The maximum Gasteiger partial charge on any atom is 0.323 e. The Morgan fingerprint density at radius 1 is 1.09 bits per heavy atom. The summed E-state index contributed by atoms with van der Waals surface area (Å²) in [5.74, 6) is 0.968. The molecule has 0 aliphatic heterocycles. The second-order valence-electron chi connectivity index (χ2n) is 9.38. The summed E-state index contributed by atoms with van der Waals surface area (Å²) in [6.07, 6.45) is 6.05. The first-order valence-electron chi connectivity index (χ1n) is 11.3. The van der Waals surface area contributed by atoms with Crippen molar-refractivity contribution in [2.45, 2.75) is 88.6 Å². The molecule has 2 amide bonds. The molecule has 32 heavy (non-hydrogen) atoms. The fourth-order valence-corrected chi connectivity index (χ4v) is 5.39. The number of carbonyl (C=O) groups is 3. The van der Waals surface area contributed by atoms with Crippen molar-refractivity contribution in [2.24, 2.45) is 5.73 Å². The largest absolute Gasteiger partial charge is 0.468 e. The fourth-order valence-electron chi connectivity index (χ4n) is 3.68. The van der Waals surface area contributed by atoms with E-state index >= 15 is 0 Å². The van der Waals surface area contributed by atoms with Crippen molar-refractivity contribution in [1.29, 1.82) is 0 Å². The monoisotopic (exact) mass is 490 g/mol. The molecule has 1 saturated carbocycles. The predicted molar refractivity (Wildman–Crippen MR) is 134 cm³/mol. The van der Waals surface area contributed by atoms with Crippen LogP contribution in [-0.2, 0) is 19.1 Å². The van der Waals surface area contributed by atoms with Gasteiger partial charge in [0.2, 0.25) is 11.8 Å². The van der Waals surface area contributed by atoms with Crippen molar-refractivity contribution in [3.63, 3.8) is 0 Å². The molecular formula is C22H42N4O4S2. The number of hydrogen-bond donors (Lipinski definition) is 4. The van der Waals surface area contributed by atoms with Crippen LogP contribution in [0.5, 0.6) is 0 Å². The van der Waals surface area contributed by atoms with Crippen molar-refractivity contribution >= 4 is 41.3 Å². The van der Waals surface area contributed by atoms with Gasteiger partial charge in [0, 0.05) is 35.3 Å². The van der Waals surface area contributed by atoms with Crippen molar-refractivity contribution < 1.29 is 19.1 Å². The third kappa shape index (κ3) is 11.8. The van der Waals surface area contributed by atoms with Crippen LogP contribution in [0.3, 0.4) is 0 Å². The molecule has 8 nitrogen and oxygen atoms in total. The highest BCUT2D eigenvalue weighted by Gasteiger charge is 2.36. The zero-order valence-corrected chi connectivity index (χ0v) is 21.9. The van der Waals surface area contributed by atoms with Crippen LogP contribution in [0.25, 0.3) is 0 Å². The quantitative estimate of drug-likeness (QED) is 0.176. The maximum absolute atomic E-state index is 12.5. The Bertz CT molecular complexity index is 607. The zero-order valence-electron chi connectivity index (χ0n) is 20.3. The minimum Gasteiger partial charge on any atom is -0.468 e. The topological polar surface area (TPSA) is 123 Å². The van der Waals surface area contributed by atoms with Crippen molar-refractivity contribution in [3.8, 4) is 0 Å². The molecule has 0 aromatic rings. The number of nitrogens with one attached hydrogen (secondary N) is 3. The average Bonchev–Trinajstić information content (AvgIpc) is 2.73. The lowest BCUT2D eigenvalue weighted by Gasteiger charge is -2.41. The van der Waals surface area contributed by atoms with Crippen LogP contribution in [-0.4, -0.2) is 71.2 Å². The Morgan fingerprint density at radius 3 is 2.31 bits per heavy atom. The first-order valence-corrected chi connectivity index (χ1v) is 13.5. The first kappa shape index (κ1) is 29.1. The second kappa shape index (κ2) is 14.3. The highest BCUT2D eigenvalue weighted by atomic mass is 32.2. The summed E-state index contributed by atoms with van der Waals surface area (Å²) in [6, 6.07) is -1.01. The summed E-state index contributed by atoms with van der Waals surface area (Å²) in [5.41, 5.74) is 5.78. The molecule has 1 aliphatic rings. The van der Waals surface area contributed by atoms with Gasteiger partial charge in [-0.1, -0.05) is 40.0 Å². The minimum absolute atomic E-state index is 0.0513. The molecule has 2 unspecified atom stereocenters. The fraction of sp³-hybridized carbons (Fsp3) is 0.864. The maximum atomic E-state index is 12.5. The Kier molecular flexibility index (Phi) is 13.0. The van der Waals surface area contributed by atoms with Gasteiger partial charge in [0.15, 0.2) is 0 Å². The summed E-state index contributed by atoms with van der Waals surface area (Å²) in [6.45, 7) is 8.35. The summed E-state index contributed by atoms with van der Waals surface area (Å²) < 4.78 is 5.12. The van der Waals surface area contributed by atoms with Gasteiger partial charge in [0.05, 0.1) is 19.0 Å². The van der Waals surface area contributed by atoms with Gasteiger partial charge in [-0.25, -0.2) is 0 Å². The van der Waals surface area contributed by atoms with E-state index in [0.29, 0.717) is 23.9 Å². The van der Waals surface area contributed by atoms with Gasteiger partial charge in [0.1, 0.15) is 6.04 Å². The lowest BCUT2D eigenvalue weighted by Crippen LogP contribution is -2.57. The van der Waals surface area contributed by atoms with Gasteiger partial charge in [-0.3, -0.25) is 19.7 Å². The standard InChI is InChI=1S/C22H42N4O4S2/c1-16(27)25-15-31-13-17(23)19(28)24-12-11-22(9-7-6-8-10-22)26-18(20(29)30-5)14-32-21(2,3)4/h17-18,26H,6-15,23H2,1-5H3,(H,24,28)(H,25,27). The van der Waals surface area contributed by atoms with E-state index in [1.54, 1.807) is 11.8 Å². The van der Waals surface area contributed by atoms with Gasteiger partial charge in [-0.2, -0.15) is 11.8 Å². The molecule has 0 saturated heterocycles.